The molecule has 90 valence electrons. The summed E-state index contributed by atoms with van der Waals surface area (Å²) in [7, 11) is 0. The second kappa shape index (κ2) is 5.00. The number of nitrogens with one attached hydrogen (secondary N) is 1. The van der Waals surface area contributed by atoms with Gasteiger partial charge in [-0.05, 0) is 37.5 Å². The van der Waals surface area contributed by atoms with E-state index in [-0.39, 0.29) is 17.5 Å². The predicted octanol–water partition coefficient (Wildman–Crippen LogP) is 3.51. The average Bonchev–Trinajstić information content (AvgIpc) is 3.00. The van der Waals surface area contributed by atoms with E-state index in [0.29, 0.717) is 10.0 Å². The molecule has 2 rings (SSSR count). The minimum atomic E-state index is -0.495. The number of carbonyl (C=O) groups excluding carboxylic acids is 1. The van der Waals surface area contributed by atoms with Crippen LogP contribution in [-0.2, 0) is 0 Å². The molecule has 0 aromatic heterocycles. The van der Waals surface area contributed by atoms with Crippen LogP contribution in [0.5, 0.6) is 0 Å². The standard InChI is InChI=1S/C13H13BrFNO/c1-2-3-8-6-9(14)7-11(15)12(8)13(17)16-10-4-5-10/h2-3,6-7,10H,4-5H2,1H3,(H,16,17)/b3-2+. The maximum Gasteiger partial charge on any atom is 0.255 e. The highest BCUT2D eigenvalue weighted by Crippen LogP contribution is 2.24. The van der Waals surface area contributed by atoms with Gasteiger partial charge in [0, 0.05) is 10.5 Å². The summed E-state index contributed by atoms with van der Waals surface area (Å²) in [6.45, 7) is 1.83. The summed E-state index contributed by atoms with van der Waals surface area (Å²) in [4.78, 5) is 11.9. The van der Waals surface area contributed by atoms with Gasteiger partial charge in [0.1, 0.15) is 5.82 Å². The van der Waals surface area contributed by atoms with E-state index >= 15 is 0 Å². The molecule has 17 heavy (non-hydrogen) atoms. The van der Waals surface area contributed by atoms with E-state index < -0.39 is 5.82 Å². The fraction of sp³-hybridized carbons (Fsp3) is 0.308. The van der Waals surface area contributed by atoms with Crippen LogP contribution in [0.2, 0.25) is 0 Å². The molecule has 0 aliphatic heterocycles. The zero-order chi connectivity index (χ0) is 12.4. The van der Waals surface area contributed by atoms with Crippen molar-refractivity contribution in [2.45, 2.75) is 25.8 Å². The first-order valence-corrected chi connectivity index (χ1v) is 6.33. The quantitative estimate of drug-likeness (QED) is 0.909. The third-order valence-electron chi connectivity index (χ3n) is 2.57. The molecule has 0 atom stereocenters. The van der Waals surface area contributed by atoms with Crippen LogP contribution in [0, 0.1) is 5.82 Å². The van der Waals surface area contributed by atoms with Gasteiger partial charge in [-0.2, -0.15) is 0 Å². The first-order chi connectivity index (χ1) is 8.11. The van der Waals surface area contributed by atoms with Crippen molar-refractivity contribution in [3.63, 3.8) is 0 Å². The summed E-state index contributed by atoms with van der Waals surface area (Å²) >= 11 is 3.22. The van der Waals surface area contributed by atoms with Gasteiger partial charge in [0.15, 0.2) is 0 Å². The van der Waals surface area contributed by atoms with Crippen molar-refractivity contribution in [3.05, 3.63) is 39.6 Å². The molecule has 1 saturated carbocycles. The second-order valence-electron chi connectivity index (χ2n) is 4.10. The van der Waals surface area contributed by atoms with E-state index in [0.717, 1.165) is 12.8 Å². The van der Waals surface area contributed by atoms with E-state index in [1.54, 1.807) is 18.2 Å². The van der Waals surface area contributed by atoms with Crippen molar-refractivity contribution in [1.29, 1.82) is 0 Å². The fourth-order valence-corrected chi connectivity index (χ4v) is 2.08. The number of allylic oxidation sites excluding steroid dienone is 1. The predicted molar refractivity (Wildman–Crippen MR) is 69.3 cm³/mol. The van der Waals surface area contributed by atoms with Gasteiger partial charge in [-0.25, -0.2) is 4.39 Å². The molecule has 2 nitrogen and oxygen atoms in total. The largest absolute Gasteiger partial charge is 0.349 e. The van der Waals surface area contributed by atoms with Crippen LogP contribution in [-0.4, -0.2) is 11.9 Å². The lowest BCUT2D eigenvalue weighted by molar-refractivity contribution is 0.0947. The number of carbonyl (C=O) groups is 1. The molecule has 0 radical (unpaired) electrons. The van der Waals surface area contributed by atoms with Crippen molar-refractivity contribution in [2.24, 2.45) is 0 Å². The van der Waals surface area contributed by atoms with E-state index in [2.05, 4.69) is 21.2 Å². The molecule has 4 heteroatoms. The molecule has 1 aliphatic rings. The molecule has 1 N–H and O–H groups in total. The van der Waals surface area contributed by atoms with Gasteiger partial charge in [-0.15, -0.1) is 0 Å². The topological polar surface area (TPSA) is 29.1 Å². The number of benzene rings is 1. The van der Waals surface area contributed by atoms with E-state index in [1.807, 2.05) is 6.92 Å². The van der Waals surface area contributed by atoms with Gasteiger partial charge in [0.25, 0.3) is 5.91 Å². The van der Waals surface area contributed by atoms with Crippen molar-refractivity contribution >= 4 is 27.9 Å². The van der Waals surface area contributed by atoms with Crippen LogP contribution in [0.15, 0.2) is 22.7 Å². The Kier molecular flexibility index (Phi) is 3.62. The summed E-state index contributed by atoms with van der Waals surface area (Å²) < 4.78 is 14.5. The summed E-state index contributed by atoms with van der Waals surface area (Å²) in [5.41, 5.74) is 0.718. The van der Waals surface area contributed by atoms with Crippen molar-refractivity contribution in [1.82, 2.24) is 5.32 Å². The molecule has 0 saturated heterocycles. The zero-order valence-corrected chi connectivity index (χ0v) is 11.1. The minimum Gasteiger partial charge on any atom is -0.349 e. The third kappa shape index (κ3) is 2.94. The van der Waals surface area contributed by atoms with Gasteiger partial charge in [0.2, 0.25) is 0 Å². The lowest BCUT2D eigenvalue weighted by Crippen LogP contribution is -2.27. The molecule has 1 aromatic rings. The average molecular weight is 298 g/mol. The number of amides is 1. The second-order valence-corrected chi connectivity index (χ2v) is 5.02. The third-order valence-corrected chi connectivity index (χ3v) is 3.03. The lowest BCUT2D eigenvalue weighted by Gasteiger charge is -2.09. The Morgan fingerprint density at radius 1 is 1.53 bits per heavy atom. The number of hydrogen-bond acceptors (Lipinski definition) is 1. The van der Waals surface area contributed by atoms with Crippen LogP contribution in [0.1, 0.15) is 35.7 Å². The van der Waals surface area contributed by atoms with Crippen molar-refractivity contribution < 1.29 is 9.18 Å². The van der Waals surface area contributed by atoms with Gasteiger partial charge in [-0.1, -0.05) is 28.1 Å². The molecular weight excluding hydrogens is 285 g/mol. The van der Waals surface area contributed by atoms with Gasteiger partial charge in [-0.3, -0.25) is 4.79 Å². The van der Waals surface area contributed by atoms with Crippen LogP contribution >= 0.6 is 15.9 Å². The van der Waals surface area contributed by atoms with Crippen LogP contribution in [0.4, 0.5) is 4.39 Å². The number of rotatable bonds is 3. The summed E-state index contributed by atoms with van der Waals surface area (Å²) in [6.07, 6.45) is 5.50. The fourth-order valence-electron chi connectivity index (χ4n) is 1.63. The highest BCUT2D eigenvalue weighted by molar-refractivity contribution is 9.10. The molecular formula is C13H13BrFNO. The van der Waals surface area contributed by atoms with Gasteiger partial charge >= 0.3 is 0 Å². The SMILES string of the molecule is C/C=C/c1cc(Br)cc(F)c1C(=O)NC1CC1. The molecule has 1 amide bonds. The van der Waals surface area contributed by atoms with E-state index in [9.17, 15) is 9.18 Å². The Morgan fingerprint density at radius 2 is 2.24 bits per heavy atom. The lowest BCUT2D eigenvalue weighted by atomic mass is 10.1. The Morgan fingerprint density at radius 3 is 2.82 bits per heavy atom. The molecule has 1 fully saturated rings. The van der Waals surface area contributed by atoms with E-state index in [4.69, 9.17) is 0 Å². The smallest absolute Gasteiger partial charge is 0.255 e. The Balaban J connectivity index is 2.38. The highest BCUT2D eigenvalue weighted by Gasteiger charge is 2.26. The number of hydrogen-bond donors (Lipinski definition) is 1. The molecule has 1 aliphatic carbocycles. The Hall–Kier alpha value is -1.16. The van der Waals surface area contributed by atoms with Gasteiger partial charge in [0.05, 0.1) is 5.56 Å². The molecule has 0 bridgehead atoms. The molecule has 0 unspecified atom stereocenters. The summed E-state index contributed by atoms with van der Waals surface area (Å²) in [6, 6.07) is 3.28. The molecule has 0 spiro atoms. The molecule has 1 aromatic carbocycles. The number of halogens is 2. The van der Waals surface area contributed by atoms with E-state index in [1.165, 1.54) is 6.07 Å². The normalized spacial score (nSPS) is 15.2. The zero-order valence-electron chi connectivity index (χ0n) is 9.47. The molecule has 0 heterocycles. The van der Waals surface area contributed by atoms with Crippen LogP contribution in [0.25, 0.3) is 6.08 Å². The summed E-state index contributed by atoms with van der Waals surface area (Å²) in [5.74, 6) is -0.823. The van der Waals surface area contributed by atoms with Crippen LogP contribution in [0.3, 0.4) is 0 Å². The van der Waals surface area contributed by atoms with Crippen molar-refractivity contribution in [2.75, 3.05) is 0 Å². The summed E-state index contributed by atoms with van der Waals surface area (Å²) in [5, 5.41) is 2.80. The highest BCUT2D eigenvalue weighted by atomic mass is 79.9. The Labute approximate surface area is 108 Å². The van der Waals surface area contributed by atoms with Gasteiger partial charge < -0.3 is 5.32 Å². The minimum absolute atomic E-state index is 0.123. The first kappa shape index (κ1) is 12.3. The maximum absolute atomic E-state index is 13.8. The maximum atomic E-state index is 13.8. The first-order valence-electron chi connectivity index (χ1n) is 5.54. The van der Waals surface area contributed by atoms with Crippen molar-refractivity contribution in [3.8, 4) is 0 Å². The van der Waals surface area contributed by atoms with Crippen LogP contribution < -0.4 is 5.32 Å². The monoisotopic (exact) mass is 297 g/mol. The Bertz CT molecular complexity index is 481.